The number of rotatable bonds is 4. The zero-order valence-corrected chi connectivity index (χ0v) is 11.5. The first kappa shape index (κ1) is 12.2. The molecule has 0 aliphatic carbocycles. The first-order valence-corrected chi connectivity index (χ1v) is 7.72. The van der Waals surface area contributed by atoms with E-state index in [-0.39, 0.29) is 0 Å². The lowest BCUT2D eigenvalue weighted by Gasteiger charge is -2.22. The van der Waals surface area contributed by atoms with E-state index in [0.29, 0.717) is 6.04 Å². The summed E-state index contributed by atoms with van der Waals surface area (Å²) in [5.74, 6) is 2.61. The van der Waals surface area contributed by atoms with E-state index in [1.54, 1.807) is 11.3 Å². The molecule has 2 rings (SSSR count). The van der Waals surface area contributed by atoms with Crippen LogP contribution in [0.25, 0.3) is 0 Å². The number of thiazole rings is 1. The minimum absolute atomic E-state index is 0.700. The number of hydrogen-bond donors (Lipinski definition) is 1. The summed E-state index contributed by atoms with van der Waals surface area (Å²) in [4.78, 5) is 6.63. The minimum Gasteiger partial charge on any atom is -0.354 e. The molecule has 1 N–H and O–H groups in total. The van der Waals surface area contributed by atoms with Crippen LogP contribution in [-0.2, 0) is 6.54 Å². The van der Waals surface area contributed by atoms with Crippen molar-refractivity contribution >= 4 is 28.2 Å². The first-order valence-electron chi connectivity index (χ1n) is 5.68. The second-order valence-corrected chi connectivity index (χ2v) is 6.34. The SMILES string of the molecule is CN(C)c1nc(CNC2CCSCC2)cs1. The molecule has 16 heavy (non-hydrogen) atoms. The molecule has 2 heterocycles. The molecule has 1 aromatic rings. The molecule has 3 nitrogen and oxygen atoms in total. The van der Waals surface area contributed by atoms with Crippen molar-refractivity contribution in [3.05, 3.63) is 11.1 Å². The van der Waals surface area contributed by atoms with Gasteiger partial charge in [-0.2, -0.15) is 11.8 Å². The Bertz CT molecular complexity index is 319. The van der Waals surface area contributed by atoms with Crippen molar-refractivity contribution in [1.82, 2.24) is 10.3 Å². The summed E-state index contributed by atoms with van der Waals surface area (Å²) >= 11 is 3.78. The Morgan fingerprint density at radius 3 is 2.81 bits per heavy atom. The molecule has 1 fully saturated rings. The molecule has 1 aliphatic heterocycles. The molecule has 0 bridgehead atoms. The number of nitrogens with one attached hydrogen (secondary N) is 1. The van der Waals surface area contributed by atoms with Gasteiger partial charge in [-0.25, -0.2) is 4.98 Å². The second kappa shape index (κ2) is 5.89. The van der Waals surface area contributed by atoms with Crippen LogP contribution in [0.4, 0.5) is 5.13 Å². The molecule has 0 saturated carbocycles. The van der Waals surface area contributed by atoms with E-state index < -0.39 is 0 Å². The molecule has 90 valence electrons. The Balaban J connectivity index is 1.79. The number of thioether (sulfide) groups is 1. The van der Waals surface area contributed by atoms with Crippen LogP contribution in [-0.4, -0.2) is 36.6 Å². The van der Waals surface area contributed by atoms with Crippen LogP contribution in [0.5, 0.6) is 0 Å². The van der Waals surface area contributed by atoms with Crippen LogP contribution in [0, 0.1) is 0 Å². The predicted octanol–water partition coefficient (Wildman–Crippen LogP) is 2.19. The van der Waals surface area contributed by atoms with Gasteiger partial charge in [0.15, 0.2) is 5.13 Å². The lowest BCUT2D eigenvalue weighted by molar-refractivity contribution is 0.479. The summed E-state index contributed by atoms with van der Waals surface area (Å²) in [6.07, 6.45) is 2.60. The number of aromatic nitrogens is 1. The van der Waals surface area contributed by atoms with Gasteiger partial charge in [0.2, 0.25) is 0 Å². The van der Waals surface area contributed by atoms with Crippen molar-refractivity contribution in [1.29, 1.82) is 0 Å². The Labute approximate surface area is 106 Å². The van der Waals surface area contributed by atoms with Gasteiger partial charge < -0.3 is 10.2 Å². The summed E-state index contributed by atoms with van der Waals surface area (Å²) in [6.45, 7) is 0.916. The molecule has 1 aromatic heterocycles. The van der Waals surface area contributed by atoms with Gasteiger partial charge >= 0.3 is 0 Å². The lowest BCUT2D eigenvalue weighted by atomic mass is 10.1. The second-order valence-electron chi connectivity index (χ2n) is 4.28. The van der Waals surface area contributed by atoms with Gasteiger partial charge in [-0.3, -0.25) is 0 Å². The fourth-order valence-corrected chi connectivity index (χ4v) is 3.60. The average Bonchev–Trinajstić information content (AvgIpc) is 2.76. The van der Waals surface area contributed by atoms with E-state index in [1.807, 2.05) is 14.1 Å². The van der Waals surface area contributed by atoms with Crippen molar-refractivity contribution in [2.45, 2.75) is 25.4 Å². The van der Waals surface area contributed by atoms with Crippen molar-refractivity contribution in [3.63, 3.8) is 0 Å². The molecule has 1 aliphatic rings. The third-order valence-electron chi connectivity index (χ3n) is 2.72. The van der Waals surface area contributed by atoms with Gasteiger partial charge in [-0.15, -0.1) is 11.3 Å². The van der Waals surface area contributed by atoms with Crippen LogP contribution in [0.2, 0.25) is 0 Å². The zero-order valence-electron chi connectivity index (χ0n) is 9.90. The van der Waals surface area contributed by atoms with Gasteiger partial charge in [0, 0.05) is 32.1 Å². The Kier molecular flexibility index (Phi) is 4.49. The molecule has 0 unspecified atom stereocenters. The smallest absolute Gasteiger partial charge is 0.185 e. The largest absolute Gasteiger partial charge is 0.354 e. The molecular weight excluding hydrogens is 238 g/mol. The summed E-state index contributed by atoms with van der Waals surface area (Å²) in [5.41, 5.74) is 1.17. The minimum atomic E-state index is 0.700. The summed E-state index contributed by atoms with van der Waals surface area (Å²) in [6, 6.07) is 0.700. The van der Waals surface area contributed by atoms with Gasteiger partial charge in [-0.1, -0.05) is 0 Å². The normalized spacial score (nSPS) is 17.6. The summed E-state index contributed by atoms with van der Waals surface area (Å²) < 4.78 is 0. The fourth-order valence-electron chi connectivity index (χ4n) is 1.73. The first-order chi connectivity index (χ1) is 7.75. The lowest BCUT2D eigenvalue weighted by Crippen LogP contribution is -2.32. The topological polar surface area (TPSA) is 28.2 Å². The third kappa shape index (κ3) is 3.37. The van der Waals surface area contributed by atoms with E-state index in [2.05, 4.69) is 32.3 Å². The van der Waals surface area contributed by atoms with Crippen molar-refractivity contribution < 1.29 is 0 Å². The standard InChI is InChI=1S/C11H19N3S2/c1-14(2)11-13-10(8-16-11)7-12-9-3-5-15-6-4-9/h8-9,12H,3-7H2,1-2H3. The van der Waals surface area contributed by atoms with Gasteiger partial charge in [0.05, 0.1) is 5.69 Å². The molecule has 0 spiro atoms. The van der Waals surface area contributed by atoms with Crippen LogP contribution >= 0.6 is 23.1 Å². The Morgan fingerprint density at radius 1 is 1.44 bits per heavy atom. The van der Waals surface area contributed by atoms with Gasteiger partial charge in [0.1, 0.15) is 0 Å². The monoisotopic (exact) mass is 257 g/mol. The van der Waals surface area contributed by atoms with E-state index in [4.69, 9.17) is 0 Å². The Morgan fingerprint density at radius 2 is 2.19 bits per heavy atom. The quantitative estimate of drug-likeness (QED) is 0.895. The molecule has 0 amide bonds. The third-order valence-corrected chi connectivity index (χ3v) is 4.82. The van der Waals surface area contributed by atoms with Crippen molar-refractivity contribution in [2.75, 3.05) is 30.5 Å². The molecule has 5 heteroatoms. The Hall–Kier alpha value is -0.260. The van der Waals surface area contributed by atoms with Crippen molar-refractivity contribution in [2.24, 2.45) is 0 Å². The number of anilines is 1. The van der Waals surface area contributed by atoms with Crippen LogP contribution in [0.15, 0.2) is 5.38 Å². The number of nitrogens with zero attached hydrogens (tertiary/aromatic N) is 2. The maximum atomic E-state index is 4.57. The number of hydrogen-bond acceptors (Lipinski definition) is 5. The molecule has 0 aromatic carbocycles. The maximum Gasteiger partial charge on any atom is 0.185 e. The summed E-state index contributed by atoms with van der Waals surface area (Å²) in [5, 5.41) is 6.85. The zero-order chi connectivity index (χ0) is 11.4. The van der Waals surface area contributed by atoms with E-state index >= 15 is 0 Å². The average molecular weight is 257 g/mol. The van der Waals surface area contributed by atoms with Crippen LogP contribution in [0.3, 0.4) is 0 Å². The fraction of sp³-hybridized carbons (Fsp3) is 0.727. The van der Waals surface area contributed by atoms with E-state index in [0.717, 1.165) is 11.7 Å². The van der Waals surface area contributed by atoms with E-state index in [1.165, 1.54) is 30.0 Å². The molecule has 0 radical (unpaired) electrons. The predicted molar refractivity (Wildman–Crippen MR) is 73.6 cm³/mol. The molecule has 1 saturated heterocycles. The van der Waals surface area contributed by atoms with Gasteiger partial charge in [0.25, 0.3) is 0 Å². The maximum absolute atomic E-state index is 4.57. The van der Waals surface area contributed by atoms with Crippen molar-refractivity contribution in [3.8, 4) is 0 Å². The molecular formula is C11H19N3S2. The van der Waals surface area contributed by atoms with Crippen LogP contribution in [0.1, 0.15) is 18.5 Å². The van der Waals surface area contributed by atoms with E-state index in [9.17, 15) is 0 Å². The van der Waals surface area contributed by atoms with Gasteiger partial charge in [-0.05, 0) is 24.3 Å². The summed E-state index contributed by atoms with van der Waals surface area (Å²) in [7, 11) is 4.07. The highest BCUT2D eigenvalue weighted by molar-refractivity contribution is 7.99. The highest BCUT2D eigenvalue weighted by Gasteiger charge is 2.13. The van der Waals surface area contributed by atoms with Crippen LogP contribution < -0.4 is 10.2 Å². The molecule has 0 atom stereocenters. The highest BCUT2D eigenvalue weighted by atomic mass is 32.2. The highest BCUT2D eigenvalue weighted by Crippen LogP contribution is 2.19.